The molecule has 0 saturated heterocycles. The standard InChI is InChI=1S/C20H18ClN3O2/c1-12-10-18(19(22)23-13(12)2)20(25)24-15-4-3-5-17(11-15)26-16-8-6-14(21)7-9-16/h3-11H,1-2H3,(H2,22,23)(H,24,25). The SMILES string of the molecule is Cc1cc(C(=O)Nc2cccc(Oc3ccc(Cl)cc3)c2)c(N)nc1C. The number of amides is 1. The highest BCUT2D eigenvalue weighted by Gasteiger charge is 2.13. The molecule has 6 heteroatoms. The number of rotatable bonds is 4. The number of ether oxygens (including phenoxy) is 1. The van der Waals surface area contributed by atoms with Gasteiger partial charge in [0.2, 0.25) is 0 Å². The van der Waals surface area contributed by atoms with Crippen molar-refractivity contribution < 1.29 is 9.53 Å². The van der Waals surface area contributed by atoms with Gasteiger partial charge in [-0.1, -0.05) is 17.7 Å². The Labute approximate surface area is 156 Å². The summed E-state index contributed by atoms with van der Waals surface area (Å²) in [6.07, 6.45) is 0. The number of nitrogens with two attached hydrogens (primary N) is 1. The third kappa shape index (κ3) is 4.13. The summed E-state index contributed by atoms with van der Waals surface area (Å²) in [6.45, 7) is 3.74. The number of pyridine rings is 1. The van der Waals surface area contributed by atoms with Crippen molar-refractivity contribution in [2.24, 2.45) is 0 Å². The average Bonchev–Trinajstić information content (AvgIpc) is 2.60. The number of aromatic nitrogens is 1. The van der Waals surface area contributed by atoms with Crippen molar-refractivity contribution in [3.8, 4) is 11.5 Å². The highest BCUT2D eigenvalue weighted by atomic mass is 35.5. The van der Waals surface area contributed by atoms with Crippen LogP contribution in [0.4, 0.5) is 11.5 Å². The number of aryl methyl sites for hydroxylation is 2. The molecular weight excluding hydrogens is 350 g/mol. The van der Waals surface area contributed by atoms with Crippen molar-refractivity contribution in [2.45, 2.75) is 13.8 Å². The van der Waals surface area contributed by atoms with Gasteiger partial charge in [0.05, 0.1) is 5.56 Å². The minimum Gasteiger partial charge on any atom is -0.457 e. The van der Waals surface area contributed by atoms with Gasteiger partial charge in [-0.15, -0.1) is 0 Å². The third-order valence-electron chi connectivity index (χ3n) is 3.88. The van der Waals surface area contributed by atoms with Crippen LogP contribution in [0, 0.1) is 13.8 Å². The van der Waals surface area contributed by atoms with Crippen LogP contribution in [0.25, 0.3) is 0 Å². The summed E-state index contributed by atoms with van der Waals surface area (Å²) in [4.78, 5) is 16.7. The van der Waals surface area contributed by atoms with Gasteiger partial charge in [0.15, 0.2) is 0 Å². The predicted molar refractivity (Wildman–Crippen MR) is 104 cm³/mol. The molecule has 2 aromatic carbocycles. The number of carbonyl (C=O) groups excluding carboxylic acids is 1. The minimum atomic E-state index is -0.318. The lowest BCUT2D eigenvalue weighted by Crippen LogP contribution is -2.15. The molecule has 26 heavy (non-hydrogen) atoms. The van der Waals surface area contributed by atoms with E-state index in [1.54, 1.807) is 54.6 Å². The number of hydrogen-bond donors (Lipinski definition) is 2. The second-order valence-electron chi connectivity index (χ2n) is 5.86. The molecule has 0 fully saturated rings. The van der Waals surface area contributed by atoms with Crippen LogP contribution in [-0.4, -0.2) is 10.9 Å². The number of benzene rings is 2. The Hall–Kier alpha value is -3.05. The van der Waals surface area contributed by atoms with Gasteiger partial charge in [-0.25, -0.2) is 4.98 Å². The first-order chi connectivity index (χ1) is 12.4. The van der Waals surface area contributed by atoms with Gasteiger partial charge in [-0.05, 0) is 61.9 Å². The molecule has 3 rings (SSSR count). The van der Waals surface area contributed by atoms with Crippen LogP contribution in [0.3, 0.4) is 0 Å². The Bertz CT molecular complexity index is 956. The summed E-state index contributed by atoms with van der Waals surface area (Å²) in [5.41, 5.74) is 8.53. The summed E-state index contributed by atoms with van der Waals surface area (Å²) < 4.78 is 5.77. The Kier molecular flexibility index (Phi) is 5.09. The molecule has 1 heterocycles. The molecule has 0 aliphatic rings. The lowest BCUT2D eigenvalue weighted by atomic mass is 10.1. The van der Waals surface area contributed by atoms with Gasteiger partial charge >= 0.3 is 0 Å². The van der Waals surface area contributed by atoms with E-state index in [9.17, 15) is 4.79 Å². The lowest BCUT2D eigenvalue weighted by molar-refractivity contribution is 0.102. The van der Waals surface area contributed by atoms with Crippen LogP contribution in [0.5, 0.6) is 11.5 Å². The van der Waals surface area contributed by atoms with E-state index in [1.165, 1.54) is 0 Å². The molecule has 3 aromatic rings. The Morgan fingerprint density at radius 3 is 2.54 bits per heavy atom. The summed E-state index contributed by atoms with van der Waals surface area (Å²) in [5, 5.41) is 3.46. The molecule has 0 bridgehead atoms. The van der Waals surface area contributed by atoms with Gasteiger partial charge in [0.25, 0.3) is 5.91 Å². The van der Waals surface area contributed by atoms with Crippen molar-refractivity contribution >= 4 is 29.0 Å². The van der Waals surface area contributed by atoms with Gasteiger partial charge < -0.3 is 15.8 Å². The van der Waals surface area contributed by atoms with Crippen LogP contribution >= 0.6 is 11.6 Å². The second-order valence-corrected chi connectivity index (χ2v) is 6.30. The fourth-order valence-corrected chi connectivity index (χ4v) is 2.51. The third-order valence-corrected chi connectivity index (χ3v) is 4.13. The maximum Gasteiger partial charge on any atom is 0.259 e. The van der Waals surface area contributed by atoms with E-state index < -0.39 is 0 Å². The fraction of sp³-hybridized carbons (Fsp3) is 0.100. The molecule has 0 spiro atoms. The first-order valence-electron chi connectivity index (χ1n) is 8.01. The fourth-order valence-electron chi connectivity index (χ4n) is 2.38. The predicted octanol–water partition coefficient (Wildman–Crippen LogP) is 4.98. The van der Waals surface area contributed by atoms with E-state index in [0.717, 1.165) is 11.3 Å². The monoisotopic (exact) mass is 367 g/mol. The summed E-state index contributed by atoms with van der Waals surface area (Å²) in [6, 6.07) is 15.9. The minimum absolute atomic E-state index is 0.208. The maximum atomic E-state index is 12.5. The Morgan fingerprint density at radius 2 is 1.81 bits per heavy atom. The van der Waals surface area contributed by atoms with E-state index >= 15 is 0 Å². The number of carbonyl (C=O) groups is 1. The molecule has 1 amide bonds. The zero-order chi connectivity index (χ0) is 18.7. The maximum absolute atomic E-state index is 12.5. The second kappa shape index (κ2) is 7.45. The number of nitrogen functional groups attached to an aromatic ring is 1. The van der Waals surface area contributed by atoms with Gasteiger partial charge in [-0.3, -0.25) is 4.79 Å². The average molecular weight is 368 g/mol. The van der Waals surface area contributed by atoms with Crippen molar-refractivity contribution in [3.05, 3.63) is 76.4 Å². The van der Waals surface area contributed by atoms with Crippen LogP contribution < -0.4 is 15.8 Å². The quantitative estimate of drug-likeness (QED) is 0.681. The number of nitrogens with one attached hydrogen (secondary N) is 1. The highest BCUT2D eigenvalue weighted by molar-refractivity contribution is 6.30. The largest absolute Gasteiger partial charge is 0.457 e. The first-order valence-corrected chi connectivity index (χ1v) is 8.39. The summed E-state index contributed by atoms with van der Waals surface area (Å²) in [7, 11) is 0. The van der Waals surface area contributed by atoms with Crippen molar-refractivity contribution in [3.63, 3.8) is 0 Å². The Morgan fingerprint density at radius 1 is 1.08 bits per heavy atom. The van der Waals surface area contributed by atoms with Crippen LogP contribution in [-0.2, 0) is 0 Å². The van der Waals surface area contributed by atoms with Crippen molar-refractivity contribution in [2.75, 3.05) is 11.1 Å². The van der Waals surface area contributed by atoms with Gasteiger partial charge in [0, 0.05) is 22.5 Å². The number of hydrogen-bond acceptors (Lipinski definition) is 4. The van der Waals surface area contributed by atoms with Gasteiger partial charge in [-0.2, -0.15) is 0 Å². The molecule has 5 nitrogen and oxygen atoms in total. The lowest BCUT2D eigenvalue weighted by Gasteiger charge is -2.11. The van der Waals surface area contributed by atoms with E-state index in [1.807, 2.05) is 13.8 Å². The van der Waals surface area contributed by atoms with Crippen molar-refractivity contribution in [1.29, 1.82) is 0 Å². The Balaban J connectivity index is 1.77. The molecule has 3 N–H and O–H groups in total. The smallest absolute Gasteiger partial charge is 0.259 e. The molecule has 1 aromatic heterocycles. The van der Waals surface area contributed by atoms with Crippen LogP contribution in [0.2, 0.25) is 5.02 Å². The van der Waals surface area contributed by atoms with E-state index in [0.29, 0.717) is 27.8 Å². The topological polar surface area (TPSA) is 77.2 Å². The first kappa shape index (κ1) is 17.8. The van der Waals surface area contributed by atoms with Crippen molar-refractivity contribution in [1.82, 2.24) is 4.98 Å². The molecule has 0 atom stereocenters. The molecular formula is C20H18ClN3O2. The zero-order valence-electron chi connectivity index (χ0n) is 14.4. The molecule has 0 saturated carbocycles. The van der Waals surface area contributed by atoms with Crippen LogP contribution in [0.1, 0.15) is 21.6 Å². The zero-order valence-corrected chi connectivity index (χ0v) is 15.2. The summed E-state index contributed by atoms with van der Waals surface area (Å²) >= 11 is 5.87. The number of nitrogens with zero attached hydrogens (tertiary/aromatic N) is 1. The summed E-state index contributed by atoms with van der Waals surface area (Å²) in [5.74, 6) is 1.14. The molecule has 0 unspecified atom stereocenters. The molecule has 0 radical (unpaired) electrons. The van der Waals surface area contributed by atoms with Gasteiger partial charge in [0.1, 0.15) is 17.3 Å². The molecule has 132 valence electrons. The van der Waals surface area contributed by atoms with Crippen LogP contribution in [0.15, 0.2) is 54.6 Å². The normalized spacial score (nSPS) is 10.4. The number of anilines is 2. The number of halogens is 1. The van der Waals surface area contributed by atoms with E-state index in [4.69, 9.17) is 22.1 Å². The highest BCUT2D eigenvalue weighted by Crippen LogP contribution is 2.26. The van der Waals surface area contributed by atoms with E-state index in [-0.39, 0.29) is 11.7 Å². The molecule has 0 aliphatic carbocycles. The van der Waals surface area contributed by atoms with E-state index in [2.05, 4.69) is 10.3 Å². The molecule has 0 aliphatic heterocycles.